The molecule has 0 unspecified atom stereocenters. The lowest BCUT2D eigenvalue weighted by Gasteiger charge is -2.32. The van der Waals surface area contributed by atoms with Crippen LogP contribution in [0.4, 0.5) is 17.6 Å². The van der Waals surface area contributed by atoms with Crippen LogP contribution in [0.15, 0.2) is 91.4 Å². The number of carboxylic acids is 1. The molecule has 0 saturated carbocycles. The Morgan fingerprint density at radius 2 is 1.61 bits per heavy atom. The molecule has 19 heteroatoms. The smallest absolute Gasteiger partial charge is 0.422 e. The van der Waals surface area contributed by atoms with Crippen molar-refractivity contribution in [1.29, 1.82) is 0 Å². The second-order valence-corrected chi connectivity index (χ2v) is 17.2. The van der Waals surface area contributed by atoms with Crippen molar-refractivity contribution >= 4 is 70.8 Å². The number of halogens is 5. The number of hydrogen-bond acceptors (Lipinski definition) is 13. The molecule has 1 aliphatic heterocycles. The molecule has 0 bridgehead atoms. The van der Waals surface area contributed by atoms with Gasteiger partial charge in [0.05, 0.1) is 28.8 Å². The number of thiophene rings is 1. The van der Waals surface area contributed by atoms with Crippen LogP contribution in [-0.2, 0) is 17.8 Å². The summed E-state index contributed by atoms with van der Waals surface area (Å²) in [4.78, 5) is 35.9. The van der Waals surface area contributed by atoms with Crippen LogP contribution in [-0.4, -0.2) is 113 Å². The summed E-state index contributed by atoms with van der Waals surface area (Å²) in [5, 5.41) is 12.3. The van der Waals surface area contributed by atoms with Crippen molar-refractivity contribution in [3.05, 3.63) is 113 Å². The number of benzene rings is 5. The van der Waals surface area contributed by atoms with E-state index in [0.717, 1.165) is 43.6 Å². The molecule has 3 aromatic heterocycles. The minimum atomic E-state index is -4.78. The summed E-state index contributed by atoms with van der Waals surface area (Å²) in [6.07, 6.45) is -3.58. The molecule has 67 heavy (non-hydrogen) atoms. The largest absolute Gasteiger partial charge is 0.496 e. The van der Waals surface area contributed by atoms with Gasteiger partial charge in [0.25, 0.3) is 0 Å². The molecule has 4 heterocycles. The van der Waals surface area contributed by atoms with Crippen molar-refractivity contribution < 1.29 is 51.1 Å². The van der Waals surface area contributed by atoms with Crippen LogP contribution in [0, 0.1) is 5.82 Å². The highest BCUT2D eigenvalue weighted by molar-refractivity contribution is 7.26. The third-order valence-electron chi connectivity index (χ3n) is 11.4. The number of aromatic nitrogens is 4. The lowest BCUT2D eigenvalue weighted by atomic mass is 9.96. The number of ether oxygens (including phenoxy) is 5. The van der Waals surface area contributed by atoms with Gasteiger partial charge in [-0.05, 0) is 66.5 Å². The van der Waals surface area contributed by atoms with Crippen molar-refractivity contribution in [2.24, 2.45) is 0 Å². The molecule has 1 N–H and O–H groups in total. The Hall–Kier alpha value is -6.60. The van der Waals surface area contributed by atoms with Gasteiger partial charge < -0.3 is 33.7 Å². The average molecular weight is 957 g/mol. The highest BCUT2D eigenvalue weighted by atomic mass is 35.5. The summed E-state index contributed by atoms with van der Waals surface area (Å²) in [6, 6.07) is 21.8. The first-order valence-corrected chi connectivity index (χ1v) is 22.3. The Bertz CT molecular complexity index is 3130. The minimum absolute atomic E-state index is 0.00116. The van der Waals surface area contributed by atoms with E-state index < -0.39 is 36.4 Å². The zero-order valence-electron chi connectivity index (χ0n) is 36.0. The third kappa shape index (κ3) is 9.65. The topological polar surface area (TPSA) is 141 Å². The van der Waals surface area contributed by atoms with E-state index in [2.05, 4.69) is 36.8 Å². The standard InChI is InChI=1S/C48H41ClF4N6O7S/c1-58-17-19-59(20-18-58)21-22-63-35-14-12-30-37(41(35)49)38-31(11-13-32(50)42(38)65-25-48(51,52)53)43-39(30)40-45(55-26-56-46(40)67-43)66-36(47(60)61)23-27-7-3-5-9-33(27)64-24-28-15-16-54-44(57-28)29-8-4-6-10-34(29)62-2/h3-16,26,36H,17-25H2,1-2H3,(H,60,61)/t36-/m1/s1. The molecule has 1 fully saturated rings. The second kappa shape index (κ2) is 19.3. The van der Waals surface area contributed by atoms with E-state index in [4.69, 9.17) is 35.3 Å². The number of aliphatic carboxylic acids is 1. The molecule has 0 amide bonds. The second-order valence-electron chi connectivity index (χ2n) is 15.8. The first-order chi connectivity index (χ1) is 32.4. The van der Waals surface area contributed by atoms with Gasteiger partial charge in [-0.1, -0.05) is 41.9 Å². The highest BCUT2D eigenvalue weighted by Crippen LogP contribution is 2.51. The first-order valence-electron chi connectivity index (χ1n) is 21.1. The van der Waals surface area contributed by atoms with Gasteiger partial charge in [0.2, 0.25) is 12.0 Å². The normalized spacial score (nSPS) is 14.2. The fraction of sp³-hybridized carbons (Fsp3) is 0.271. The van der Waals surface area contributed by atoms with Crippen LogP contribution >= 0.6 is 22.9 Å². The van der Waals surface area contributed by atoms with Crippen molar-refractivity contribution in [3.8, 4) is 40.3 Å². The number of hydrogen-bond donors (Lipinski definition) is 1. The number of fused-ring (bicyclic) bond motifs is 8. The SMILES string of the molecule is COc1ccccc1-c1nccc(COc2ccccc2C[C@@H](Oc2ncnc3sc4c5ccc(F)c(OCC(F)(F)F)c5c5c(Cl)c(OCCN6CCN(C)CC6)ccc5c4c23)C(=O)O)n1. The highest BCUT2D eigenvalue weighted by Gasteiger charge is 2.32. The molecule has 1 atom stereocenters. The number of para-hydroxylation sites is 2. The maximum Gasteiger partial charge on any atom is 0.422 e. The van der Waals surface area contributed by atoms with Crippen molar-refractivity contribution in [2.75, 3.05) is 60.1 Å². The molecule has 13 nitrogen and oxygen atoms in total. The lowest BCUT2D eigenvalue weighted by Crippen LogP contribution is -2.45. The summed E-state index contributed by atoms with van der Waals surface area (Å²) >= 11 is 8.32. The molecule has 0 aliphatic carbocycles. The Labute approximate surface area is 389 Å². The van der Waals surface area contributed by atoms with Crippen LogP contribution in [0.5, 0.6) is 28.9 Å². The molecule has 8 aromatic rings. The van der Waals surface area contributed by atoms with Crippen LogP contribution in [0.3, 0.4) is 0 Å². The number of piperazine rings is 1. The summed E-state index contributed by atoms with van der Waals surface area (Å²) in [7, 11) is 3.62. The number of alkyl halides is 3. The van der Waals surface area contributed by atoms with Gasteiger partial charge in [-0.3, -0.25) is 4.90 Å². The third-order valence-corrected chi connectivity index (χ3v) is 12.9. The van der Waals surface area contributed by atoms with Crippen molar-refractivity contribution in [3.63, 3.8) is 0 Å². The van der Waals surface area contributed by atoms with Crippen LogP contribution in [0.1, 0.15) is 11.3 Å². The van der Waals surface area contributed by atoms with Crippen LogP contribution < -0.4 is 23.7 Å². The minimum Gasteiger partial charge on any atom is -0.496 e. The summed E-state index contributed by atoms with van der Waals surface area (Å²) < 4.78 is 86.5. The maximum atomic E-state index is 15.7. The van der Waals surface area contributed by atoms with Gasteiger partial charge in [0.1, 0.15) is 41.6 Å². The molecule has 1 aliphatic rings. The van der Waals surface area contributed by atoms with E-state index >= 15 is 4.39 Å². The van der Waals surface area contributed by atoms with Gasteiger partial charge in [-0.25, -0.2) is 29.1 Å². The molecule has 346 valence electrons. The zero-order chi connectivity index (χ0) is 46.8. The fourth-order valence-electron chi connectivity index (χ4n) is 8.12. The van der Waals surface area contributed by atoms with Crippen LogP contribution in [0.2, 0.25) is 5.02 Å². The number of carbonyl (C=O) groups is 1. The van der Waals surface area contributed by atoms with Crippen molar-refractivity contribution in [2.45, 2.75) is 25.3 Å². The number of methoxy groups -OCH3 is 1. The van der Waals surface area contributed by atoms with E-state index in [1.807, 2.05) is 24.3 Å². The summed E-state index contributed by atoms with van der Waals surface area (Å²) in [5.41, 5.74) is 1.79. The number of nitrogens with zero attached hydrogens (tertiary/aromatic N) is 6. The molecule has 5 aromatic carbocycles. The molecule has 0 radical (unpaired) electrons. The van der Waals surface area contributed by atoms with E-state index in [1.165, 1.54) is 12.4 Å². The maximum absolute atomic E-state index is 15.7. The predicted octanol–water partition coefficient (Wildman–Crippen LogP) is 9.63. The Balaban J connectivity index is 1.08. The molecule has 1 saturated heterocycles. The zero-order valence-corrected chi connectivity index (χ0v) is 37.6. The summed E-state index contributed by atoms with van der Waals surface area (Å²) in [5.74, 6) is -1.36. The van der Waals surface area contributed by atoms with Gasteiger partial charge in [0.15, 0.2) is 24.0 Å². The van der Waals surface area contributed by atoms with E-state index in [-0.39, 0.29) is 47.1 Å². The van der Waals surface area contributed by atoms with E-state index in [0.29, 0.717) is 71.8 Å². The molecule has 9 rings (SSSR count). The summed E-state index contributed by atoms with van der Waals surface area (Å²) in [6.45, 7) is 2.64. The lowest BCUT2D eigenvalue weighted by molar-refractivity contribution is -0.153. The fourth-order valence-corrected chi connectivity index (χ4v) is 9.62. The van der Waals surface area contributed by atoms with Gasteiger partial charge >= 0.3 is 12.1 Å². The number of rotatable bonds is 16. The van der Waals surface area contributed by atoms with E-state index in [1.54, 1.807) is 55.8 Å². The number of carboxylic acid groups (broad SMARTS) is 1. The van der Waals surface area contributed by atoms with Gasteiger partial charge in [-0.2, -0.15) is 13.2 Å². The quantitative estimate of drug-likeness (QED) is 0.0727. The van der Waals surface area contributed by atoms with E-state index in [9.17, 15) is 23.1 Å². The van der Waals surface area contributed by atoms with Gasteiger partial charge in [-0.15, -0.1) is 11.3 Å². The Morgan fingerprint density at radius 3 is 2.39 bits per heavy atom. The van der Waals surface area contributed by atoms with Crippen molar-refractivity contribution in [1.82, 2.24) is 29.7 Å². The molecular weight excluding hydrogens is 916 g/mol. The first kappa shape index (κ1) is 45.6. The monoisotopic (exact) mass is 956 g/mol. The van der Waals surface area contributed by atoms with Gasteiger partial charge in [0, 0.05) is 71.6 Å². The average Bonchev–Trinajstić information content (AvgIpc) is 3.72. The molecular formula is C48H41ClF4N6O7S. The number of likely N-dealkylation sites (N-methyl/N-ethyl adjacent to an activating group) is 1. The Kier molecular flexibility index (Phi) is 13.1. The predicted molar refractivity (Wildman–Crippen MR) is 246 cm³/mol. The Morgan fingerprint density at radius 1 is 0.851 bits per heavy atom. The molecule has 0 spiro atoms. The van der Waals surface area contributed by atoms with Crippen LogP contribution in [0.25, 0.3) is 53.2 Å².